The van der Waals surface area contributed by atoms with Gasteiger partial charge in [-0.25, -0.2) is 8.78 Å². The monoisotopic (exact) mass is 254 g/mol. The fourth-order valence-electron chi connectivity index (χ4n) is 2.16. The molecule has 0 aliphatic carbocycles. The predicted octanol–water partition coefficient (Wildman–Crippen LogP) is 1.46. The highest BCUT2D eigenvalue weighted by Crippen LogP contribution is 2.15. The first kappa shape index (κ1) is 13.0. The summed E-state index contributed by atoms with van der Waals surface area (Å²) in [6.45, 7) is 1.22. The first-order valence-corrected chi connectivity index (χ1v) is 6.04. The fourth-order valence-corrected chi connectivity index (χ4v) is 2.16. The van der Waals surface area contributed by atoms with Gasteiger partial charge in [-0.2, -0.15) is 0 Å². The van der Waals surface area contributed by atoms with Crippen LogP contribution in [0.3, 0.4) is 0 Å². The molecule has 0 spiro atoms. The third-order valence-electron chi connectivity index (χ3n) is 3.22. The molecule has 1 aromatic carbocycles. The fraction of sp³-hybridized carbons (Fsp3) is 0.462. The zero-order valence-electron chi connectivity index (χ0n) is 10.0. The number of halogens is 2. The number of benzene rings is 1. The van der Waals surface area contributed by atoms with Crippen LogP contribution in [0.1, 0.15) is 18.4 Å². The van der Waals surface area contributed by atoms with E-state index in [4.69, 9.17) is 5.73 Å². The van der Waals surface area contributed by atoms with Crippen LogP contribution >= 0.6 is 0 Å². The molecule has 0 radical (unpaired) electrons. The Morgan fingerprint density at radius 1 is 1.44 bits per heavy atom. The number of rotatable bonds is 3. The van der Waals surface area contributed by atoms with Crippen molar-refractivity contribution in [2.75, 3.05) is 13.1 Å². The van der Waals surface area contributed by atoms with E-state index in [1.54, 1.807) is 4.90 Å². The molecule has 1 saturated heterocycles. The molecule has 0 aromatic heterocycles. The van der Waals surface area contributed by atoms with E-state index in [2.05, 4.69) is 0 Å². The van der Waals surface area contributed by atoms with Crippen molar-refractivity contribution in [3.05, 3.63) is 35.4 Å². The highest BCUT2D eigenvalue weighted by Gasteiger charge is 2.23. The molecule has 1 unspecified atom stereocenters. The average Bonchev–Trinajstić information content (AvgIpc) is 2.77. The van der Waals surface area contributed by atoms with Crippen molar-refractivity contribution in [3.8, 4) is 0 Å². The minimum Gasteiger partial charge on any atom is -0.341 e. The van der Waals surface area contributed by atoms with Crippen LogP contribution in [0.25, 0.3) is 0 Å². The number of carbonyl (C=O) groups excluding carboxylic acids is 1. The summed E-state index contributed by atoms with van der Waals surface area (Å²) in [5.41, 5.74) is 5.95. The summed E-state index contributed by atoms with van der Waals surface area (Å²) in [6.07, 6.45) is 1.21. The Bertz CT molecular complexity index is 451. The number of likely N-dealkylation sites (tertiary alicyclic amines) is 1. The van der Waals surface area contributed by atoms with Gasteiger partial charge in [-0.05, 0) is 24.5 Å². The van der Waals surface area contributed by atoms with E-state index < -0.39 is 11.6 Å². The minimum atomic E-state index is -0.872. The van der Waals surface area contributed by atoms with Crippen molar-refractivity contribution >= 4 is 5.91 Å². The second-order valence-electron chi connectivity index (χ2n) is 4.60. The summed E-state index contributed by atoms with van der Waals surface area (Å²) >= 11 is 0. The lowest BCUT2D eigenvalue weighted by Gasteiger charge is -2.15. The topological polar surface area (TPSA) is 46.3 Å². The molecule has 1 amide bonds. The molecule has 2 rings (SSSR count). The summed E-state index contributed by atoms with van der Waals surface area (Å²) < 4.78 is 26.3. The number of hydrogen-bond donors (Lipinski definition) is 1. The van der Waals surface area contributed by atoms with E-state index in [9.17, 15) is 13.6 Å². The van der Waals surface area contributed by atoms with Crippen LogP contribution in [-0.4, -0.2) is 29.9 Å². The highest BCUT2D eigenvalue weighted by molar-refractivity contribution is 5.76. The van der Waals surface area contributed by atoms with Gasteiger partial charge in [0, 0.05) is 25.6 Å². The maximum atomic E-state index is 13.4. The lowest BCUT2D eigenvalue weighted by molar-refractivity contribution is -0.130. The van der Waals surface area contributed by atoms with Gasteiger partial charge < -0.3 is 10.6 Å². The molecule has 1 atom stereocenters. The Morgan fingerprint density at radius 2 is 2.22 bits per heavy atom. The van der Waals surface area contributed by atoms with Crippen LogP contribution in [0.15, 0.2) is 18.2 Å². The molecule has 3 nitrogen and oxygen atoms in total. The summed E-state index contributed by atoms with van der Waals surface area (Å²) in [5.74, 6) is -1.78. The van der Waals surface area contributed by atoms with Crippen molar-refractivity contribution in [3.63, 3.8) is 0 Å². The molecule has 1 fully saturated rings. The zero-order chi connectivity index (χ0) is 13.1. The molecule has 2 N–H and O–H groups in total. The highest BCUT2D eigenvalue weighted by atomic mass is 19.2. The molecular weight excluding hydrogens is 238 g/mol. The summed E-state index contributed by atoms with van der Waals surface area (Å²) in [7, 11) is 0. The molecule has 5 heteroatoms. The van der Waals surface area contributed by atoms with Crippen molar-refractivity contribution in [2.45, 2.75) is 25.3 Å². The average molecular weight is 254 g/mol. The number of hydrogen-bond acceptors (Lipinski definition) is 2. The molecule has 98 valence electrons. The summed E-state index contributed by atoms with van der Waals surface area (Å²) in [4.78, 5) is 13.5. The van der Waals surface area contributed by atoms with Crippen LogP contribution < -0.4 is 5.73 Å². The molecule has 18 heavy (non-hydrogen) atoms. The number of aryl methyl sites for hydroxylation is 1. The minimum absolute atomic E-state index is 0.0415. The Kier molecular flexibility index (Phi) is 3.91. The van der Waals surface area contributed by atoms with Crippen LogP contribution in [0.2, 0.25) is 0 Å². The second kappa shape index (κ2) is 5.44. The third kappa shape index (κ3) is 2.85. The van der Waals surface area contributed by atoms with Crippen molar-refractivity contribution in [2.24, 2.45) is 5.73 Å². The maximum absolute atomic E-state index is 13.4. The van der Waals surface area contributed by atoms with Crippen molar-refractivity contribution in [1.82, 2.24) is 4.90 Å². The normalized spacial score (nSPS) is 19.3. The Morgan fingerprint density at radius 3 is 2.89 bits per heavy atom. The first-order valence-electron chi connectivity index (χ1n) is 6.04. The molecule has 1 aliphatic heterocycles. The molecule has 1 aromatic rings. The zero-order valence-corrected chi connectivity index (χ0v) is 10.0. The van der Waals surface area contributed by atoms with Gasteiger partial charge in [0.1, 0.15) is 0 Å². The lowest BCUT2D eigenvalue weighted by atomic mass is 10.1. The Hall–Kier alpha value is -1.49. The van der Waals surface area contributed by atoms with Crippen LogP contribution in [0.5, 0.6) is 0 Å². The van der Waals surface area contributed by atoms with Gasteiger partial charge >= 0.3 is 0 Å². The van der Waals surface area contributed by atoms with Crippen molar-refractivity contribution in [1.29, 1.82) is 0 Å². The van der Waals surface area contributed by atoms with Gasteiger partial charge in [-0.1, -0.05) is 12.1 Å². The van der Waals surface area contributed by atoms with E-state index in [1.807, 2.05) is 0 Å². The van der Waals surface area contributed by atoms with Gasteiger partial charge in [-0.15, -0.1) is 0 Å². The van der Waals surface area contributed by atoms with E-state index in [-0.39, 0.29) is 30.4 Å². The standard InChI is InChI=1S/C13H16F2N2O/c14-11-3-1-2-9(13(11)15)4-5-12(18)17-7-6-10(16)8-17/h1-3,10H,4-8,16H2. The molecule has 1 aliphatic rings. The smallest absolute Gasteiger partial charge is 0.222 e. The van der Waals surface area contributed by atoms with E-state index in [0.717, 1.165) is 12.5 Å². The predicted molar refractivity (Wildman–Crippen MR) is 63.9 cm³/mol. The second-order valence-corrected chi connectivity index (χ2v) is 4.60. The number of carbonyl (C=O) groups is 1. The molecule has 1 heterocycles. The van der Waals surface area contributed by atoms with Gasteiger partial charge in [0.05, 0.1) is 0 Å². The van der Waals surface area contributed by atoms with Crippen LogP contribution in [-0.2, 0) is 11.2 Å². The summed E-state index contributed by atoms with van der Waals surface area (Å²) in [6, 6.07) is 4.06. The van der Waals surface area contributed by atoms with E-state index >= 15 is 0 Å². The van der Waals surface area contributed by atoms with Crippen LogP contribution in [0.4, 0.5) is 8.78 Å². The van der Waals surface area contributed by atoms with Gasteiger partial charge in [0.2, 0.25) is 5.91 Å². The van der Waals surface area contributed by atoms with E-state index in [1.165, 1.54) is 12.1 Å². The summed E-state index contributed by atoms with van der Waals surface area (Å²) in [5, 5.41) is 0. The lowest BCUT2D eigenvalue weighted by Crippen LogP contribution is -2.32. The Labute approximate surface area is 105 Å². The molecule has 0 bridgehead atoms. The van der Waals surface area contributed by atoms with E-state index in [0.29, 0.717) is 13.1 Å². The van der Waals surface area contributed by atoms with Crippen LogP contribution in [0, 0.1) is 11.6 Å². The van der Waals surface area contributed by atoms with Gasteiger partial charge in [0.25, 0.3) is 0 Å². The maximum Gasteiger partial charge on any atom is 0.222 e. The SMILES string of the molecule is NC1CCN(C(=O)CCc2cccc(F)c2F)C1. The van der Waals surface area contributed by atoms with Gasteiger partial charge in [-0.3, -0.25) is 4.79 Å². The largest absolute Gasteiger partial charge is 0.341 e. The number of amides is 1. The first-order chi connectivity index (χ1) is 8.58. The quantitative estimate of drug-likeness (QED) is 0.887. The molecule has 0 saturated carbocycles. The number of nitrogens with two attached hydrogens (primary N) is 1. The third-order valence-corrected chi connectivity index (χ3v) is 3.22. The molecular formula is C13H16F2N2O. The number of nitrogens with zero attached hydrogens (tertiary/aromatic N) is 1. The van der Waals surface area contributed by atoms with Gasteiger partial charge in [0.15, 0.2) is 11.6 Å². The Balaban J connectivity index is 1.91. The van der Waals surface area contributed by atoms with Crippen molar-refractivity contribution < 1.29 is 13.6 Å².